The number of hydrogen-bond acceptors (Lipinski definition) is 2. The predicted octanol–water partition coefficient (Wildman–Crippen LogP) is 4.20. The molecule has 0 bridgehead atoms. The van der Waals surface area contributed by atoms with Gasteiger partial charge in [0.05, 0.1) is 0 Å². The van der Waals surface area contributed by atoms with Crippen molar-refractivity contribution in [2.45, 2.75) is 6.54 Å². The second-order valence-electron chi connectivity index (χ2n) is 3.68. The summed E-state index contributed by atoms with van der Waals surface area (Å²) >= 11 is 11.8. The van der Waals surface area contributed by atoms with Crippen LogP contribution in [0, 0.1) is 0 Å². The highest BCUT2D eigenvalue weighted by atomic mass is 35.5. The number of nitrogens with two attached hydrogens (primary N) is 1. The highest BCUT2D eigenvalue weighted by molar-refractivity contribution is 6.35. The molecule has 0 unspecified atom stereocenters. The minimum atomic E-state index is 0.545. The third-order valence-electron chi connectivity index (χ3n) is 2.34. The summed E-state index contributed by atoms with van der Waals surface area (Å²) in [6.45, 7) is 0.545. The molecule has 17 heavy (non-hydrogen) atoms. The topological polar surface area (TPSA) is 38.0 Å². The zero-order valence-corrected chi connectivity index (χ0v) is 10.6. The number of hydrogen-bond donors (Lipinski definition) is 2. The second kappa shape index (κ2) is 5.41. The van der Waals surface area contributed by atoms with Crippen molar-refractivity contribution in [1.29, 1.82) is 0 Å². The monoisotopic (exact) mass is 266 g/mol. The molecule has 0 saturated heterocycles. The summed E-state index contributed by atoms with van der Waals surface area (Å²) in [7, 11) is 0. The molecule has 2 aromatic rings. The van der Waals surface area contributed by atoms with E-state index in [1.54, 1.807) is 6.07 Å². The first-order valence-electron chi connectivity index (χ1n) is 5.19. The van der Waals surface area contributed by atoms with Gasteiger partial charge in [0, 0.05) is 28.0 Å². The van der Waals surface area contributed by atoms with E-state index in [2.05, 4.69) is 5.32 Å². The van der Waals surface area contributed by atoms with Crippen molar-refractivity contribution in [1.82, 2.24) is 0 Å². The number of anilines is 2. The first-order valence-corrected chi connectivity index (χ1v) is 5.95. The van der Waals surface area contributed by atoms with Gasteiger partial charge in [0.1, 0.15) is 0 Å². The molecule has 0 amide bonds. The van der Waals surface area contributed by atoms with Gasteiger partial charge in [0.15, 0.2) is 0 Å². The van der Waals surface area contributed by atoms with Crippen molar-refractivity contribution in [2.24, 2.45) is 5.73 Å². The zero-order chi connectivity index (χ0) is 12.3. The van der Waals surface area contributed by atoms with E-state index in [1.165, 1.54) is 0 Å². The summed E-state index contributed by atoms with van der Waals surface area (Å²) in [5.74, 6) is 0. The Morgan fingerprint density at radius 3 is 2.00 bits per heavy atom. The molecular weight excluding hydrogens is 255 g/mol. The summed E-state index contributed by atoms with van der Waals surface area (Å²) < 4.78 is 0. The molecule has 0 aliphatic carbocycles. The molecule has 4 heteroatoms. The zero-order valence-electron chi connectivity index (χ0n) is 9.08. The number of rotatable bonds is 3. The van der Waals surface area contributed by atoms with Gasteiger partial charge in [-0.05, 0) is 35.9 Å². The molecule has 0 heterocycles. The molecule has 3 N–H and O–H groups in total. The van der Waals surface area contributed by atoms with Gasteiger partial charge in [-0.15, -0.1) is 0 Å². The van der Waals surface area contributed by atoms with Crippen LogP contribution in [0.5, 0.6) is 0 Å². The van der Waals surface area contributed by atoms with Crippen molar-refractivity contribution in [2.75, 3.05) is 5.32 Å². The van der Waals surface area contributed by atoms with E-state index >= 15 is 0 Å². The van der Waals surface area contributed by atoms with E-state index in [4.69, 9.17) is 28.9 Å². The third kappa shape index (κ3) is 3.37. The average molecular weight is 267 g/mol. The molecule has 0 spiro atoms. The van der Waals surface area contributed by atoms with E-state index in [9.17, 15) is 0 Å². The van der Waals surface area contributed by atoms with Crippen molar-refractivity contribution in [3.8, 4) is 0 Å². The molecule has 0 saturated carbocycles. The van der Waals surface area contributed by atoms with Gasteiger partial charge in [0.2, 0.25) is 0 Å². The number of benzene rings is 2. The molecule has 0 radical (unpaired) electrons. The third-order valence-corrected chi connectivity index (χ3v) is 2.78. The molecular formula is C13H12Cl2N2. The quantitative estimate of drug-likeness (QED) is 0.874. The van der Waals surface area contributed by atoms with Gasteiger partial charge >= 0.3 is 0 Å². The van der Waals surface area contributed by atoms with Crippen LogP contribution in [0.1, 0.15) is 5.56 Å². The van der Waals surface area contributed by atoms with Crippen LogP contribution in [0.3, 0.4) is 0 Å². The Morgan fingerprint density at radius 2 is 1.47 bits per heavy atom. The van der Waals surface area contributed by atoms with E-state index in [0.29, 0.717) is 16.6 Å². The second-order valence-corrected chi connectivity index (χ2v) is 4.56. The summed E-state index contributed by atoms with van der Waals surface area (Å²) in [5, 5.41) is 4.45. The Bertz CT molecular complexity index is 489. The van der Waals surface area contributed by atoms with E-state index < -0.39 is 0 Å². The fourth-order valence-corrected chi connectivity index (χ4v) is 2.04. The normalized spacial score (nSPS) is 10.3. The minimum absolute atomic E-state index is 0.545. The lowest BCUT2D eigenvalue weighted by Crippen LogP contribution is -1.96. The summed E-state index contributed by atoms with van der Waals surface area (Å²) in [5.41, 5.74) is 8.47. The van der Waals surface area contributed by atoms with Crippen molar-refractivity contribution in [3.05, 3.63) is 58.1 Å². The highest BCUT2D eigenvalue weighted by Crippen LogP contribution is 2.25. The average Bonchev–Trinajstić information content (AvgIpc) is 2.28. The van der Waals surface area contributed by atoms with Gasteiger partial charge in [-0.1, -0.05) is 35.3 Å². The number of nitrogens with one attached hydrogen (secondary N) is 1. The predicted molar refractivity (Wildman–Crippen MR) is 74.1 cm³/mol. The molecule has 0 aliphatic rings. The van der Waals surface area contributed by atoms with Crippen molar-refractivity contribution >= 4 is 34.6 Å². The van der Waals surface area contributed by atoms with E-state index in [1.807, 2.05) is 36.4 Å². The summed E-state index contributed by atoms with van der Waals surface area (Å²) in [4.78, 5) is 0. The fourth-order valence-electron chi connectivity index (χ4n) is 1.52. The Balaban J connectivity index is 2.19. The van der Waals surface area contributed by atoms with Crippen molar-refractivity contribution in [3.63, 3.8) is 0 Å². The van der Waals surface area contributed by atoms with Gasteiger partial charge in [-0.2, -0.15) is 0 Å². The van der Waals surface area contributed by atoms with Gasteiger partial charge < -0.3 is 11.1 Å². The first-order chi connectivity index (χ1) is 8.17. The highest BCUT2D eigenvalue weighted by Gasteiger charge is 1.99. The van der Waals surface area contributed by atoms with Crippen LogP contribution >= 0.6 is 23.2 Å². The lowest BCUT2D eigenvalue weighted by atomic mass is 10.2. The summed E-state index contributed by atoms with van der Waals surface area (Å²) in [6.07, 6.45) is 0. The summed E-state index contributed by atoms with van der Waals surface area (Å²) in [6, 6.07) is 13.2. The van der Waals surface area contributed by atoms with Gasteiger partial charge in [-0.3, -0.25) is 0 Å². The molecule has 2 aromatic carbocycles. The number of halogens is 2. The maximum Gasteiger partial charge on any atom is 0.0441 e. The van der Waals surface area contributed by atoms with Gasteiger partial charge in [-0.25, -0.2) is 0 Å². The van der Waals surface area contributed by atoms with Crippen molar-refractivity contribution < 1.29 is 0 Å². The lowest BCUT2D eigenvalue weighted by molar-refractivity contribution is 1.07. The van der Waals surface area contributed by atoms with Crippen LogP contribution in [0.15, 0.2) is 42.5 Å². The first kappa shape index (κ1) is 12.2. The smallest absolute Gasteiger partial charge is 0.0441 e. The largest absolute Gasteiger partial charge is 0.355 e. The fraction of sp³-hybridized carbons (Fsp3) is 0.0769. The van der Waals surface area contributed by atoms with Gasteiger partial charge in [0.25, 0.3) is 0 Å². The van der Waals surface area contributed by atoms with Crippen LogP contribution in [0.25, 0.3) is 0 Å². The Labute approximate surface area is 110 Å². The molecule has 88 valence electrons. The van der Waals surface area contributed by atoms with E-state index in [-0.39, 0.29) is 0 Å². The van der Waals surface area contributed by atoms with Crippen LogP contribution in [0.4, 0.5) is 11.4 Å². The maximum atomic E-state index is 5.92. The van der Waals surface area contributed by atoms with Crippen LogP contribution < -0.4 is 11.1 Å². The maximum absolute atomic E-state index is 5.92. The van der Waals surface area contributed by atoms with Crippen LogP contribution in [-0.2, 0) is 6.54 Å². The molecule has 2 nitrogen and oxygen atoms in total. The Kier molecular flexibility index (Phi) is 3.89. The molecule has 0 aromatic heterocycles. The molecule has 2 rings (SSSR count). The van der Waals surface area contributed by atoms with Crippen LogP contribution in [0.2, 0.25) is 10.0 Å². The molecule has 0 fully saturated rings. The molecule has 0 aliphatic heterocycles. The lowest BCUT2D eigenvalue weighted by Gasteiger charge is -2.08. The van der Waals surface area contributed by atoms with E-state index in [0.717, 1.165) is 16.9 Å². The SMILES string of the molecule is NCc1ccc(Nc2cc(Cl)cc(Cl)c2)cc1. The standard InChI is InChI=1S/C13H12Cl2N2/c14-10-5-11(15)7-13(6-10)17-12-3-1-9(8-16)2-4-12/h1-7,17H,8,16H2. The Morgan fingerprint density at radius 1 is 0.882 bits per heavy atom. The molecule has 0 atom stereocenters. The van der Waals surface area contributed by atoms with Crippen LogP contribution in [-0.4, -0.2) is 0 Å². The minimum Gasteiger partial charge on any atom is -0.355 e. The Hall–Kier alpha value is -1.22.